The molecule has 2 aromatic rings. The molecule has 0 aliphatic carbocycles. The molecule has 0 aliphatic heterocycles. The summed E-state index contributed by atoms with van der Waals surface area (Å²) < 4.78 is 5.66. The van der Waals surface area contributed by atoms with Crippen LogP contribution >= 0.6 is 12.4 Å². The maximum absolute atomic E-state index is 12.1. The number of ether oxygens (including phenoxy) is 1. The van der Waals surface area contributed by atoms with E-state index in [0.29, 0.717) is 24.5 Å². The Kier molecular flexibility index (Phi) is 7.19. The van der Waals surface area contributed by atoms with Gasteiger partial charge in [0.25, 0.3) is 5.91 Å². The van der Waals surface area contributed by atoms with Crippen LogP contribution in [0.3, 0.4) is 0 Å². The van der Waals surface area contributed by atoms with E-state index < -0.39 is 0 Å². The van der Waals surface area contributed by atoms with Gasteiger partial charge in [-0.05, 0) is 44.0 Å². The van der Waals surface area contributed by atoms with Crippen molar-refractivity contribution in [3.8, 4) is 5.88 Å². The van der Waals surface area contributed by atoms with Crippen LogP contribution in [0.4, 0.5) is 0 Å². The van der Waals surface area contributed by atoms with Crippen molar-refractivity contribution >= 4 is 18.3 Å². The van der Waals surface area contributed by atoms with E-state index in [2.05, 4.69) is 10.3 Å². The molecule has 24 heavy (non-hydrogen) atoms. The fourth-order valence-electron chi connectivity index (χ4n) is 1.97. The molecule has 6 heteroatoms. The normalized spacial score (nSPS) is 10.7. The van der Waals surface area contributed by atoms with Gasteiger partial charge in [0.15, 0.2) is 0 Å². The van der Waals surface area contributed by atoms with E-state index in [4.69, 9.17) is 10.5 Å². The summed E-state index contributed by atoms with van der Waals surface area (Å²) in [6.07, 6.45) is 1.71. The molecule has 0 atom stereocenters. The second-order valence-corrected chi connectivity index (χ2v) is 6.30. The fraction of sp³-hybridized carbons (Fsp3) is 0.333. The Morgan fingerprint density at radius 3 is 2.25 bits per heavy atom. The second-order valence-electron chi connectivity index (χ2n) is 6.30. The van der Waals surface area contributed by atoms with Gasteiger partial charge in [-0.3, -0.25) is 4.79 Å². The Labute approximate surface area is 149 Å². The summed E-state index contributed by atoms with van der Waals surface area (Å²) in [5.41, 5.74) is 7.79. The van der Waals surface area contributed by atoms with Crippen LogP contribution in [0.1, 0.15) is 42.3 Å². The molecule has 0 saturated heterocycles. The van der Waals surface area contributed by atoms with Gasteiger partial charge >= 0.3 is 0 Å². The van der Waals surface area contributed by atoms with Crippen LogP contribution in [0.2, 0.25) is 0 Å². The molecule has 5 nitrogen and oxygen atoms in total. The molecule has 2 rings (SSSR count). The van der Waals surface area contributed by atoms with Crippen LogP contribution in [0.25, 0.3) is 0 Å². The lowest BCUT2D eigenvalue weighted by atomic mass is 10.1. The van der Waals surface area contributed by atoms with E-state index in [1.54, 1.807) is 18.3 Å². The number of hydrogen-bond acceptors (Lipinski definition) is 4. The van der Waals surface area contributed by atoms with Crippen molar-refractivity contribution in [1.29, 1.82) is 0 Å². The van der Waals surface area contributed by atoms with E-state index in [-0.39, 0.29) is 23.9 Å². The van der Waals surface area contributed by atoms with Gasteiger partial charge in [0.2, 0.25) is 5.88 Å². The largest absolute Gasteiger partial charge is 0.472 e. The van der Waals surface area contributed by atoms with Crippen LogP contribution in [-0.4, -0.2) is 16.5 Å². The molecule has 3 N–H and O–H groups in total. The molecule has 0 saturated carbocycles. The summed E-state index contributed by atoms with van der Waals surface area (Å²) in [4.78, 5) is 16.3. The standard InChI is InChI=1S/C18H23N3O2.ClH/c1-18(2,3)23-16-9-6-14(11-20-16)12-21-17(22)15-7-4-13(10-19)5-8-15;/h4-9,11H,10,12,19H2,1-3H3,(H,21,22);1H. The zero-order chi connectivity index (χ0) is 16.9. The van der Waals surface area contributed by atoms with Crippen molar-refractivity contribution in [2.45, 2.75) is 39.5 Å². The highest BCUT2D eigenvalue weighted by molar-refractivity contribution is 5.94. The van der Waals surface area contributed by atoms with Crippen molar-refractivity contribution in [3.63, 3.8) is 0 Å². The highest BCUT2D eigenvalue weighted by Crippen LogP contribution is 2.15. The first-order chi connectivity index (χ1) is 10.9. The third-order valence-electron chi connectivity index (χ3n) is 3.11. The zero-order valence-electron chi connectivity index (χ0n) is 14.2. The minimum absolute atomic E-state index is 0. The third kappa shape index (κ3) is 6.18. The summed E-state index contributed by atoms with van der Waals surface area (Å²) in [5.74, 6) is 0.452. The summed E-state index contributed by atoms with van der Waals surface area (Å²) in [5, 5.41) is 2.87. The molecule has 0 aliphatic rings. The number of carbonyl (C=O) groups excluding carboxylic acids is 1. The molecule has 0 spiro atoms. The van der Waals surface area contributed by atoms with E-state index in [0.717, 1.165) is 11.1 Å². The number of hydrogen-bond donors (Lipinski definition) is 2. The number of carbonyl (C=O) groups is 1. The molecule has 130 valence electrons. The van der Waals surface area contributed by atoms with E-state index in [1.807, 2.05) is 45.0 Å². The minimum Gasteiger partial charge on any atom is -0.472 e. The highest BCUT2D eigenvalue weighted by atomic mass is 35.5. The number of halogens is 1. The lowest BCUT2D eigenvalue weighted by Gasteiger charge is -2.20. The topological polar surface area (TPSA) is 77.2 Å². The number of nitrogens with one attached hydrogen (secondary N) is 1. The average molecular weight is 350 g/mol. The van der Waals surface area contributed by atoms with Crippen LogP contribution in [-0.2, 0) is 13.1 Å². The Hall–Kier alpha value is -2.11. The smallest absolute Gasteiger partial charge is 0.251 e. The quantitative estimate of drug-likeness (QED) is 0.869. The lowest BCUT2D eigenvalue weighted by Crippen LogP contribution is -2.24. The molecular weight excluding hydrogens is 326 g/mol. The maximum atomic E-state index is 12.1. The van der Waals surface area contributed by atoms with Crippen molar-refractivity contribution in [2.75, 3.05) is 0 Å². The number of amides is 1. The van der Waals surface area contributed by atoms with Crippen LogP contribution < -0.4 is 15.8 Å². The number of nitrogens with two attached hydrogens (primary N) is 1. The van der Waals surface area contributed by atoms with Gasteiger partial charge in [-0.1, -0.05) is 18.2 Å². The summed E-state index contributed by atoms with van der Waals surface area (Å²) >= 11 is 0. The fourth-order valence-corrected chi connectivity index (χ4v) is 1.97. The number of rotatable bonds is 5. The Balaban J connectivity index is 0.00000288. The van der Waals surface area contributed by atoms with Crippen LogP contribution in [0.15, 0.2) is 42.6 Å². The predicted octanol–water partition coefficient (Wildman–Crippen LogP) is 3.07. The molecule has 1 aromatic carbocycles. The first-order valence-corrected chi connectivity index (χ1v) is 7.58. The number of pyridine rings is 1. The SMILES string of the molecule is CC(C)(C)Oc1ccc(CNC(=O)c2ccc(CN)cc2)cn1.Cl. The predicted molar refractivity (Wildman–Crippen MR) is 97.4 cm³/mol. The van der Waals surface area contributed by atoms with Gasteiger partial charge in [-0.15, -0.1) is 12.4 Å². The monoisotopic (exact) mass is 349 g/mol. The van der Waals surface area contributed by atoms with E-state index in [9.17, 15) is 4.79 Å². The van der Waals surface area contributed by atoms with Gasteiger partial charge in [0.1, 0.15) is 5.60 Å². The first kappa shape index (κ1) is 19.9. The van der Waals surface area contributed by atoms with Gasteiger partial charge < -0.3 is 15.8 Å². The van der Waals surface area contributed by atoms with Crippen LogP contribution in [0, 0.1) is 0 Å². The lowest BCUT2D eigenvalue weighted by molar-refractivity contribution is 0.0951. The summed E-state index contributed by atoms with van der Waals surface area (Å²) in [7, 11) is 0. The molecule has 0 unspecified atom stereocenters. The molecule has 0 bridgehead atoms. The maximum Gasteiger partial charge on any atom is 0.251 e. The van der Waals surface area contributed by atoms with Crippen molar-refractivity contribution in [2.24, 2.45) is 5.73 Å². The minimum atomic E-state index is -0.279. The molecular formula is C18H24ClN3O2. The molecule has 1 aromatic heterocycles. The second kappa shape index (κ2) is 8.66. The van der Waals surface area contributed by atoms with Gasteiger partial charge in [0.05, 0.1) is 0 Å². The van der Waals surface area contributed by atoms with E-state index in [1.165, 1.54) is 0 Å². The average Bonchev–Trinajstić information content (AvgIpc) is 2.52. The molecule has 0 fully saturated rings. The van der Waals surface area contributed by atoms with Crippen molar-refractivity contribution < 1.29 is 9.53 Å². The van der Waals surface area contributed by atoms with Gasteiger partial charge in [0, 0.05) is 30.9 Å². The Bertz CT molecular complexity index is 649. The van der Waals surface area contributed by atoms with Crippen molar-refractivity contribution in [1.82, 2.24) is 10.3 Å². The van der Waals surface area contributed by atoms with Crippen molar-refractivity contribution in [3.05, 3.63) is 59.3 Å². The highest BCUT2D eigenvalue weighted by Gasteiger charge is 2.12. The zero-order valence-corrected chi connectivity index (χ0v) is 15.0. The van der Waals surface area contributed by atoms with Gasteiger partial charge in [-0.25, -0.2) is 4.98 Å². The summed E-state index contributed by atoms with van der Waals surface area (Å²) in [6, 6.07) is 11.0. The van der Waals surface area contributed by atoms with Gasteiger partial charge in [-0.2, -0.15) is 0 Å². The summed E-state index contributed by atoms with van der Waals surface area (Å²) in [6.45, 7) is 6.80. The number of aromatic nitrogens is 1. The van der Waals surface area contributed by atoms with E-state index >= 15 is 0 Å². The third-order valence-corrected chi connectivity index (χ3v) is 3.11. The number of nitrogens with zero attached hydrogens (tertiary/aromatic N) is 1. The molecule has 1 heterocycles. The Morgan fingerprint density at radius 1 is 1.12 bits per heavy atom. The number of benzene rings is 1. The first-order valence-electron chi connectivity index (χ1n) is 7.58. The molecule has 1 amide bonds. The molecule has 0 radical (unpaired) electrons. The Morgan fingerprint density at radius 2 is 1.75 bits per heavy atom. The van der Waals surface area contributed by atoms with Crippen LogP contribution in [0.5, 0.6) is 5.88 Å².